The first kappa shape index (κ1) is 31.1. The first-order chi connectivity index (χ1) is 26.7. The average Bonchev–Trinajstić information content (AvgIpc) is 3.75. The van der Waals surface area contributed by atoms with E-state index in [1.807, 2.05) is 18.2 Å². The highest BCUT2D eigenvalue weighted by atomic mass is 15.0. The molecular weight excluding hydrogens is 657 g/mol. The van der Waals surface area contributed by atoms with Crippen LogP contribution in [0.2, 0.25) is 0 Å². The molecule has 0 radical (unpaired) electrons. The molecule has 10 aromatic rings. The Labute approximate surface area is 312 Å². The molecule has 0 aliphatic carbocycles. The zero-order valence-corrected chi connectivity index (χ0v) is 29.1. The van der Waals surface area contributed by atoms with E-state index in [1.165, 1.54) is 27.4 Å². The summed E-state index contributed by atoms with van der Waals surface area (Å²) in [5.41, 5.74) is 14.0. The molecule has 0 aliphatic rings. The van der Waals surface area contributed by atoms with Crippen molar-refractivity contribution in [3.8, 4) is 50.8 Å². The molecule has 0 N–H and O–H groups in total. The molecule has 0 amide bonds. The van der Waals surface area contributed by atoms with Crippen molar-refractivity contribution in [2.75, 3.05) is 0 Å². The molecule has 2 aromatic heterocycles. The van der Waals surface area contributed by atoms with Gasteiger partial charge in [-0.2, -0.15) is 5.26 Å². The molecule has 0 atom stereocenters. The Morgan fingerprint density at radius 1 is 0.389 bits per heavy atom. The van der Waals surface area contributed by atoms with Crippen LogP contribution < -0.4 is 0 Å². The summed E-state index contributed by atoms with van der Waals surface area (Å²) in [6.45, 7) is 7.56. The summed E-state index contributed by atoms with van der Waals surface area (Å²) in [4.78, 5) is 3.57. The molecule has 0 spiro atoms. The summed E-state index contributed by atoms with van der Waals surface area (Å²) in [5, 5.41) is 14.6. The molecule has 0 saturated heterocycles. The van der Waals surface area contributed by atoms with Crippen LogP contribution in [0.4, 0.5) is 5.69 Å². The highest BCUT2D eigenvalue weighted by molar-refractivity contribution is 6.13. The lowest BCUT2D eigenvalue weighted by Gasteiger charge is -2.10. The van der Waals surface area contributed by atoms with Gasteiger partial charge in [-0.15, -0.1) is 0 Å². The number of aromatic nitrogens is 2. The van der Waals surface area contributed by atoms with Crippen molar-refractivity contribution in [3.63, 3.8) is 0 Å². The van der Waals surface area contributed by atoms with Crippen LogP contribution in [0.25, 0.3) is 93.2 Å². The van der Waals surface area contributed by atoms with E-state index in [2.05, 4.69) is 178 Å². The number of rotatable bonds is 5. The standard InChI is InChI=1S/C50H30N4/c1-52-46-23-21-41(27-39(46)32-51)54-48-25-19-36(34-13-7-3-8-14-34)29-44(48)45-30-37(20-26-49(45)54)38-17-22-42-43-28-35(33-11-5-2-6-12-33)18-24-47(43)53(50(42)31-38)40-15-9-4-10-16-40/h2-31H. The molecule has 4 heteroatoms. The summed E-state index contributed by atoms with van der Waals surface area (Å²) >= 11 is 0. The van der Waals surface area contributed by atoms with Gasteiger partial charge in [0.1, 0.15) is 0 Å². The maximum absolute atomic E-state index is 9.90. The molecule has 2 heterocycles. The number of para-hydroxylation sites is 1. The molecule has 8 aromatic carbocycles. The van der Waals surface area contributed by atoms with Crippen LogP contribution >= 0.6 is 0 Å². The third-order valence-electron chi connectivity index (χ3n) is 10.6. The fourth-order valence-corrected chi connectivity index (χ4v) is 8.01. The van der Waals surface area contributed by atoms with Gasteiger partial charge in [-0.1, -0.05) is 115 Å². The predicted octanol–water partition coefficient (Wildman–Crippen LogP) is 13.3. The Kier molecular flexibility index (Phi) is 7.22. The molecule has 0 fully saturated rings. The van der Waals surface area contributed by atoms with E-state index in [0.29, 0.717) is 11.3 Å². The number of benzene rings is 8. The molecular formula is C50H30N4. The van der Waals surface area contributed by atoms with Gasteiger partial charge in [-0.3, -0.25) is 0 Å². The second kappa shape index (κ2) is 12.5. The van der Waals surface area contributed by atoms with E-state index >= 15 is 0 Å². The molecule has 0 saturated carbocycles. The van der Waals surface area contributed by atoms with E-state index in [1.54, 1.807) is 6.07 Å². The lowest BCUT2D eigenvalue weighted by atomic mass is 9.99. The van der Waals surface area contributed by atoms with E-state index in [-0.39, 0.29) is 0 Å². The van der Waals surface area contributed by atoms with Crippen molar-refractivity contribution in [3.05, 3.63) is 199 Å². The minimum atomic E-state index is 0.357. The molecule has 0 bridgehead atoms. The van der Waals surface area contributed by atoms with Crippen molar-refractivity contribution in [1.82, 2.24) is 9.13 Å². The lowest BCUT2D eigenvalue weighted by molar-refractivity contribution is 1.18. The highest BCUT2D eigenvalue weighted by Gasteiger charge is 2.18. The average molecular weight is 687 g/mol. The van der Waals surface area contributed by atoms with Crippen LogP contribution in [0.5, 0.6) is 0 Å². The molecule has 250 valence electrons. The van der Waals surface area contributed by atoms with Crippen molar-refractivity contribution >= 4 is 49.3 Å². The van der Waals surface area contributed by atoms with Crippen molar-refractivity contribution in [2.45, 2.75) is 0 Å². The first-order valence-corrected chi connectivity index (χ1v) is 17.9. The number of fused-ring (bicyclic) bond motifs is 6. The Hall–Kier alpha value is -7.66. The largest absolute Gasteiger partial charge is 0.309 e. The summed E-state index contributed by atoms with van der Waals surface area (Å²) in [7, 11) is 0. The van der Waals surface area contributed by atoms with Gasteiger partial charge < -0.3 is 9.13 Å². The van der Waals surface area contributed by atoms with Gasteiger partial charge >= 0.3 is 0 Å². The maximum atomic E-state index is 9.90. The number of hydrogen-bond donors (Lipinski definition) is 0. The van der Waals surface area contributed by atoms with Crippen LogP contribution in [0, 0.1) is 17.9 Å². The second-order valence-electron chi connectivity index (χ2n) is 13.6. The van der Waals surface area contributed by atoms with Gasteiger partial charge in [-0.05, 0) is 100 Å². The third-order valence-corrected chi connectivity index (χ3v) is 10.6. The Balaban J connectivity index is 1.20. The molecule has 0 unspecified atom stereocenters. The maximum Gasteiger partial charge on any atom is 0.204 e. The van der Waals surface area contributed by atoms with Crippen LogP contribution in [0.15, 0.2) is 182 Å². The Bertz CT molecular complexity index is 3160. The fourth-order valence-electron chi connectivity index (χ4n) is 8.01. The molecule has 0 aliphatic heterocycles. The zero-order valence-electron chi connectivity index (χ0n) is 29.1. The van der Waals surface area contributed by atoms with E-state index in [9.17, 15) is 5.26 Å². The van der Waals surface area contributed by atoms with Gasteiger partial charge in [0, 0.05) is 32.9 Å². The van der Waals surface area contributed by atoms with Crippen LogP contribution in [0.1, 0.15) is 5.56 Å². The summed E-state index contributed by atoms with van der Waals surface area (Å²) < 4.78 is 4.58. The lowest BCUT2D eigenvalue weighted by Crippen LogP contribution is -1.95. The minimum Gasteiger partial charge on any atom is -0.309 e. The zero-order chi connectivity index (χ0) is 36.2. The Morgan fingerprint density at radius 3 is 1.39 bits per heavy atom. The predicted molar refractivity (Wildman–Crippen MR) is 222 cm³/mol. The summed E-state index contributed by atoms with van der Waals surface area (Å²) in [6.07, 6.45) is 0. The molecule has 54 heavy (non-hydrogen) atoms. The molecule has 10 rings (SSSR count). The smallest absolute Gasteiger partial charge is 0.204 e. The second-order valence-corrected chi connectivity index (χ2v) is 13.6. The normalized spacial score (nSPS) is 11.3. The number of nitriles is 1. The van der Waals surface area contributed by atoms with Gasteiger partial charge in [0.05, 0.1) is 40.3 Å². The van der Waals surface area contributed by atoms with E-state index in [0.717, 1.165) is 61.0 Å². The quantitative estimate of drug-likeness (QED) is 0.166. The Morgan fingerprint density at radius 2 is 0.852 bits per heavy atom. The minimum absolute atomic E-state index is 0.357. The van der Waals surface area contributed by atoms with Gasteiger partial charge in [0.2, 0.25) is 5.69 Å². The van der Waals surface area contributed by atoms with Gasteiger partial charge in [0.25, 0.3) is 0 Å². The van der Waals surface area contributed by atoms with Crippen LogP contribution in [-0.4, -0.2) is 9.13 Å². The first-order valence-electron chi connectivity index (χ1n) is 17.9. The summed E-state index contributed by atoms with van der Waals surface area (Å²) in [6, 6.07) is 66.2. The SMILES string of the molecule is [C-]#[N+]c1ccc(-n2c3ccc(-c4ccccc4)cc3c3cc(-c4ccc5c6cc(-c7ccccc7)ccc6n(-c6ccccc6)c5c4)ccc32)cc1C#N. The van der Waals surface area contributed by atoms with Crippen molar-refractivity contribution in [1.29, 1.82) is 5.26 Å². The van der Waals surface area contributed by atoms with Crippen molar-refractivity contribution < 1.29 is 0 Å². The summed E-state index contributed by atoms with van der Waals surface area (Å²) in [5.74, 6) is 0. The number of hydrogen-bond acceptors (Lipinski definition) is 1. The van der Waals surface area contributed by atoms with Crippen LogP contribution in [0.3, 0.4) is 0 Å². The number of nitrogens with zero attached hydrogens (tertiary/aromatic N) is 4. The third kappa shape index (κ3) is 4.98. The van der Waals surface area contributed by atoms with E-state index in [4.69, 9.17) is 6.57 Å². The van der Waals surface area contributed by atoms with Gasteiger partial charge in [-0.25, -0.2) is 4.85 Å². The molecule has 4 nitrogen and oxygen atoms in total. The van der Waals surface area contributed by atoms with Crippen LogP contribution in [-0.2, 0) is 0 Å². The monoisotopic (exact) mass is 686 g/mol. The fraction of sp³-hybridized carbons (Fsp3) is 0. The van der Waals surface area contributed by atoms with Crippen molar-refractivity contribution in [2.24, 2.45) is 0 Å². The van der Waals surface area contributed by atoms with Gasteiger partial charge in [0.15, 0.2) is 0 Å². The van der Waals surface area contributed by atoms with E-state index < -0.39 is 0 Å². The topological polar surface area (TPSA) is 38.0 Å². The highest BCUT2D eigenvalue weighted by Crippen LogP contribution is 2.40.